The number of rotatable bonds is 5. The summed E-state index contributed by atoms with van der Waals surface area (Å²) in [5, 5.41) is 11.2. The quantitative estimate of drug-likeness (QED) is 0.896. The largest absolute Gasteiger partial charge is 0.477 e. The third kappa shape index (κ3) is 4.23. The Kier molecular flexibility index (Phi) is 5.42. The Morgan fingerprint density at radius 1 is 1.40 bits per heavy atom. The van der Waals surface area contributed by atoms with Crippen molar-refractivity contribution in [3.05, 3.63) is 41.7 Å². The number of nitrogens with one attached hydrogen (secondary N) is 1. The lowest BCUT2D eigenvalue weighted by Gasteiger charge is -2.33. The van der Waals surface area contributed by atoms with E-state index in [9.17, 15) is 4.79 Å². The fourth-order valence-electron chi connectivity index (χ4n) is 2.98. The first kappa shape index (κ1) is 17.1. The Balaban J connectivity index is 1.68. The van der Waals surface area contributed by atoms with Crippen LogP contribution in [0.1, 0.15) is 35.8 Å². The summed E-state index contributed by atoms with van der Waals surface area (Å²) in [5.74, 6) is 1.08. The molecule has 1 saturated heterocycles. The monoisotopic (exact) mass is 341 g/mol. The Labute approximate surface area is 147 Å². The lowest BCUT2D eigenvalue weighted by molar-refractivity contribution is 0.0928. The maximum Gasteiger partial charge on any atom is 0.257 e. The molecule has 7 nitrogen and oxygen atoms in total. The summed E-state index contributed by atoms with van der Waals surface area (Å²) < 4.78 is 5.52. The zero-order valence-corrected chi connectivity index (χ0v) is 14.6. The van der Waals surface area contributed by atoms with Crippen LogP contribution in [0.3, 0.4) is 0 Å². The summed E-state index contributed by atoms with van der Waals surface area (Å²) in [5.41, 5.74) is 1.30. The number of anilines is 1. The molecule has 1 N–H and O–H groups in total. The van der Waals surface area contributed by atoms with Gasteiger partial charge in [0.1, 0.15) is 5.56 Å². The lowest BCUT2D eigenvalue weighted by Crippen LogP contribution is -2.48. The van der Waals surface area contributed by atoms with Crippen molar-refractivity contribution in [2.45, 2.75) is 32.7 Å². The highest BCUT2D eigenvalue weighted by Crippen LogP contribution is 2.19. The van der Waals surface area contributed by atoms with Gasteiger partial charge in [0.2, 0.25) is 5.88 Å². The molecule has 7 heteroatoms. The smallest absolute Gasteiger partial charge is 0.257 e. The Morgan fingerprint density at radius 3 is 3.04 bits per heavy atom. The molecule has 0 aromatic carbocycles. The summed E-state index contributed by atoms with van der Waals surface area (Å²) in [4.78, 5) is 19.2. The van der Waals surface area contributed by atoms with Gasteiger partial charge in [0.05, 0.1) is 6.61 Å². The number of hydrogen-bond acceptors (Lipinski definition) is 6. The number of carbonyl (C=O) groups excluding carboxylic acids is 1. The SMILES string of the molecule is CCOc1nc(C)ccc1C(=O)NC1CCCN(c2cccnn2)C1. The van der Waals surface area contributed by atoms with Crippen LogP contribution in [0.5, 0.6) is 5.88 Å². The zero-order valence-electron chi connectivity index (χ0n) is 14.6. The van der Waals surface area contributed by atoms with Gasteiger partial charge in [-0.1, -0.05) is 0 Å². The summed E-state index contributed by atoms with van der Waals surface area (Å²) >= 11 is 0. The van der Waals surface area contributed by atoms with Gasteiger partial charge in [0, 0.05) is 31.0 Å². The molecule has 0 bridgehead atoms. The number of pyridine rings is 1. The molecule has 0 spiro atoms. The van der Waals surface area contributed by atoms with Crippen LogP contribution in [0, 0.1) is 6.92 Å². The Morgan fingerprint density at radius 2 is 2.28 bits per heavy atom. The van der Waals surface area contributed by atoms with Crippen molar-refractivity contribution >= 4 is 11.7 Å². The van der Waals surface area contributed by atoms with E-state index in [1.807, 2.05) is 32.0 Å². The zero-order chi connectivity index (χ0) is 17.6. The van der Waals surface area contributed by atoms with E-state index in [0.29, 0.717) is 24.6 Å². The molecule has 2 aromatic heterocycles. The topological polar surface area (TPSA) is 80.2 Å². The number of hydrogen-bond donors (Lipinski definition) is 1. The van der Waals surface area contributed by atoms with E-state index in [0.717, 1.165) is 30.9 Å². The normalized spacial score (nSPS) is 17.2. The summed E-state index contributed by atoms with van der Waals surface area (Å²) in [6, 6.07) is 7.46. The number of carbonyl (C=O) groups is 1. The summed E-state index contributed by atoms with van der Waals surface area (Å²) in [6.45, 7) is 5.87. The van der Waals surface area contributed by atoms with Crippen LogP contribution in [0.2, 0.25) is 0 Å². The van der Waals surface area contributed by atoms with Crippen LogP contribution in [-0.4, -0.2) is 46.8 Å². The first-order chi connectivity index (χ1) is 12.2. The van der Waals surface area contributed by atoms with E-state index >= 15 is 0 Å². The van der Waals surface area contributed by atoms with E-state index in [1.165, 1.54) is 0 Å². The number of ether oxygens (including phenoxy) is 1. The van der Waals surface area contributed by atoms with E-state index in [2.05, 4.69) is 25.4 Å². The molecule has 3 rings (SSSR count). The highest BCUT2D eigenvalue weighted by atomic mass is 16.5. The highest BCUT2D eigenvalue weighted by Gasteiger charge is 2.24. The maximum absolute atomic E-state index is 12.7. The van der Waals surface area contributed by atoms with Gasteiger partial charge in [-0.15, -0.1) is 5.10 Å². The molecule has 2 aromatic rings. The maximum atomic E-state index is 12.7. The first-order valence-electron chi connectivity index (χ1n) is 8.61. The predicted molar refractivity (Wildman–Crippen MR) is 94.9 cm³/mol. The molecule has 1 unspecified atom stereocenters. The lowest BCUT2D eigenvalue weighted by atomic mass is 10.0. The standard InChI is InChI=1S/C18H23N5O2/c1-3-25-18-15(9-8-13(2)20-18)17(24)21-14-6-5-11-23(12-14)16-7-4-10-19-22-16/h4,7-10,14H,3,5-6,11-12H2,1-2H3,(H,21,24). The molecule has 0 aliphatic carbocycles. The van der Waals surface area contributed by atoms with E-state index < -0.39 is 0 Å². The summed E-state index contributed by atoms with van der Waals surface area (Å²) in [6.07, 6.45) is 3.59. The molecule has 1 amide bonds. The van der Waals surface area contributed by atoms with Gasteiger partial charge < -0.3 is 15.0 Å². The first-order valence-corrected chi connectivity index (χ1v) is 8.61. The van der Waals surface area contributed by atoms with Gasteiger partial charge in [-0.05, 0) is 51.0 Å². The van der Waals surface area contributed by atoms with Gasteiger partial charge in [0.25, 0.3) is 5.91 Å². The molecule has 132 valence electrons. The van der Waals surface area contributed by atoms with Gasteiger partial charge >= 0.3 is 0 Å². The molecule has 1 atom stereocenters. The fraction of sp³-hybridized carbons (Fsp3) is 0.444. The third-order valence-corrected chi connectivity index (χ3v) is 4.16. The van der Waals surface area contributed by atoms with Crippen molar-refractivity contribution in [3.8, 4) is 5.88 Å². The average molecular weight is 341 g/mol. The molecule has 1 fully saturated rings. The minimum absolute atomic E-state index is 0.0547. The van der Waals surface area contributed by atoms with Crippen molar-refractivity contribution in [3.63, 3.8) is 0 Å². The van der Waals surface area contributed by atoms with Crippen LogP contribution in [-0.2, 0) is 0 Å². The number of piperidine rings is 1. The molecule has 1 aliphatic heterocycles. The van der Waals surface area contributed by atoms with Crippen molar-refractivity contribution in [2.75, 3.05) is 24.6 Å². The van der Waals surface area contributed by atoms with Crippen LogP contribution in [0.25, 0.3) is 0 Å². The molecule has 0 radical (unpaired) electrons. The van der Waals surface area contributed by atoms with Crippen LogP contribution >= 0.6 is 0 Å². The highest BCUT2D eigenvalue weighted by molar-refractivity contribution is 5.96. The van der Waals surface area contributed by atoms with Crippen molar-refractivity contribution in [1.29, 1.82) is 0 Å². The minimum atomic E-state index is -0.151. The predicted octanol–water partition coefficient (Wildman–Crippen LogP) is 1.98. The van der Waals surface area contributed by atoms with E-state index in [4.69, 9.17) is 4.74 Å². The molecule has 0 saturated carbocycles. The van der Waals surface area contributed by atoms with Gasteiger partial charge in [0.15, 0.2) is 5.82 Å². The molecular weight excluding hydrogens is 318 g/mol. The number of amides is 1. The van der Waals surface area contributed by atoms with Crippen LogP contribution in [0.15, 0.2) is 30.5 Å². The molecular formula is C18H23N5O2. The van der Waals surface area contributed by atoms with Crippen molar-refractivity contribution in [1.82, 2.24) is 20.5 Å². The third-order valence-electron chi connectivity index (χ3n) is 4.16. The molecule has 25 heavy (non-hydrogen) atoms. The van der Waals surface area contributed by atoms with Crippen molar-refractivity contribution < 1.29 is 9.53 Å². The average Bonchev–Trinajstić information content (AvgIpc) is 2.63. The van der Waals surface area contributed by atoms with Crippen molar-refractivity contribution in [2.24, 2.45) is 0 Å². The second-order valence-electron chi connectivity index (χ2n) is 6.08. The van der Waals surface area contributed by atoms with Gasteiger partial charge in [-0.2, -0.15) is 5.10 Å². The Hall–Kier alpha value is -2.70. The second-order valence-corrected chi connectivity index (χ2v) is 6.08. The summed E-state index contributed by atoms with van der Waals surface area (Å²) in [7, 11) is 0. The van der Waals surface area contributed by atoms with Gasteiger partial charge in [-0.25, -0.2) is 4.98 Å². The number of nitrogens with zero attached hydrogens (tertiary/aromatic N) is 4. The molecule has 1 aliphatic rings. The van der Waals surface area contributed by atoms with Crippen LogP contribution < -0.4 is 15.0 Å². The van der Waals surface area contributed by atoms with Gasteiger partial charge in [-0.3, -0.25) is 4.79 Å². The minimum Gasteiger partial charge on any atom is -0.477 e. The second kappa shape index (κ2) is 7.92. The van der Waals surface area contributed by atoms with Crippen LogP contribution in [0.4, 0.5) is 5.82 Å². The number of aryl methyl sites for hydroxylation is 1. The Bertz CT molecular complexity index is 723. The van der Waals surface area contributed by atoms with E-state index in [-0.39, 0.29) is 11.9 Å². The fourth-order valence-corrected chi connectivity index (χ4v) is 2.98. The number of aromatic nitrogens is 3. The van der Waals surface area contributed by atoms with E-state index in [1.54, 1.807) is 12.3 Å². The molecule has 3 heterocycles.